The lowest BCUT2D eigenvalue weighted by molar-refractivity contribution is 1.25. The van der Waals surface area contributed by atoms with Gasteiger partial charge in [0.05, 0.1) is 11.7 Å². The lowest BCUT2D eigenvalue weighted by atomic mass is 10.3. The van der Waals surface area contributed by atoms with Crippen molar-refractivity contribution < 1.29 is 0 Å². The number of nitrogen functional groups attached to an aromatic ring is 1. The smallest absolute Gasteiger partial charge is 0.140 e. The van der Waals surface area contributed by atoms with Crippen LogP contribution in [0.3, 0.4) is 0 Å². The van der Waals surface area contributed by atoms with E-state index in [4.69, 9.17) is 5.84 Å². The predicted molar refractivity (Wildman–Crippen MR) is 47.3 cm³/mol. The van der Waals surface area contributed by atoms with Gasteiger partial charge in [0.2, 0.25) is 0 Å². The van der Waals surface area contributed by atoms with E-state index in [1.54, 1.807) is 12.4 Å². The molecular weight excluding hydrogens is 152 g/mol. The molecule has 0 aromatic carbocycles. The fourth-order valence-electron chi connectivity index (χ4n) is 1.05. The fourth-order valence-corrected chi connectivity index (χ4v) is 1.05. The summed E-state index contributed by atoms with van der Waals surface area (Å²) in [6, 6.07) is 5.67. The first kappa shape index (κ1) is 7.00. The molecule has 0 radical (unpaired) electrons. The summed E-state index contributed by atoms with van der Waals surface area (Å²) in [5, 5.41) is 1.06. The normalized spacial score (nSPS) is 10.1. The summed E-state index contributed by atoms with van der Waals surface area (Å²) < 4.78 is 0. The molecule has 0 aliphatic rings. The Morgan fingerprint density at radius 2 is 2.17 bits per heavy atom. The molecule has 4 heteroatoms. The van der Waals surface area contributed by atoms with Gasteiger partial charge < -0.3 is 5.43 Å². The second kappa shape index (κ2) is 2.75. The zero-order valence-corrected chi connectivity index (χ0v) is 6.36. The van der Waals surface area contributed by atoms with Gasteiger partial charge in [-0.25, -0.2) is 10.8 Å². The van der Waals surface area contributed by atoms with Crippen LogP contribution in [0.4, 0.5) is 5.82 Å². The molecule has 0 amide bonds. The van der Waals surface area contributed by atoms with E-state index in [-0.39, 0.29) is 0 Å². The molecule has 2 heterocycles. The molecule has 0 spiro atoms. The second-order valence-corrected chi connectivity index (χ2v) is 2.41. The molecule has 4 nitrogen and oxygen atoms in total. The van der Waals surface area contributed by atoms with Crippen LogP contribution in [-0.2, 0) is 0 Å². The highest BCUT2D eigenvalue weighted by atomic mass is 15.2. The first-order valence-electron chi connectivity index (χ1n) is 3.57. The van der Waals surface area contributed by atoms with E-state index in [1.807, 2.05) is 18.2 Å². The summed E-state index contributed by atoms with van der Waals surface area (Å²) in [6.45, 7) is 0. The molecule has 12 heavy (non-hydrogen) atoms. The number of nitrogens with two attached hydrogens (primary N) is 1. The molecule has 0 unspecified atom stereocenters. The Labute approximate surface area is 69.4 Å². The monoisotopic (exact) mass is 160 g/mol. The maximum absolute atomic E-state index is 5.21. The first-order chi connectivity index (χ1) is 5.90. The third kappa shape index (κ3) is 1.08. The minimum atomic E-state index is 0.649. The van der Waals surface area contributed by atoms with Gasteiger partial charge in [-0.3, -0.25) is 4.98 Å². The highest BCUT2D eigenvalue weighted by Crippen LogP contribution is 2.11. The number of hydrazine groups is 1. The molecule has 2 aromatic rings. The van der Waals surface area contributed by atoms with Crippen molar-refractivity contribution in [3.8, 4) is 0 Å². The summed E-state index contributed by atoms with van der Waals surface area (Å²) >= 11 is 0. The molecule has 0 saturated heterocycles. The molecule has 0 atom stereocenters. The largest absolute Gasteiger partial charge is 0.308 e. The van der Waals surface area contributed by atoms with Gasteiger partial charge in [0.25, 0.3) is 0 Å². The summed E-state index contributed by atoms with van der Waals surface area (Å²) in [6.07, 6.45) is 3.44. The topological polar surface area (TPSA) is 63.8 Å². The van der Waals surface area contributed by atoms with Crippen LogP contribution in [-0.4, -0.2) is 9.97 Å². The number of hydrogen-bond donors (Lipinski definition) is 2. The average molecular weight is 160 g/mol. The lowest BCUT2D eigenvalue weighted by Gasteiger charge is -1.99. The van der Waals surface area contributed by atoms with E-state index in [9.17, 15) is 0 Å². The summed E-state index contributed by atoms with van der Waals surface area (Å²) in [7, 11) is 0. The van der Waals surface area contributed by atoms with Crippen LogP contribution in [0.25, 0.3) is 10.9 Å². The summed E-state index contributed by atoms with van der Waals surface area (Å²) in [5.41, 5.74) is 3.32. The van der Waals surface area contributed by atoms with Crippen LogP contribution in [0.5, 0.6) is 0 Å². The van der Waals surface area contributed by atoms with E-state index < -0.39 is 0 Å². The number of fused-ring (bicyclic) bond motifs is 1. The van der Waals surface area contributed by atoms with Gasteiger partial charge in [0, 0.05) is 11.6 Å². The minimum Gasteiger partial charge on any atom is -0.308 e. The van der Waals surface area contributed by atoms with Crippen LogP contribution in [0, 0.1) is 0 Å². The number of nitrogens with one attached hydrogen (secondary N) is 1. The Bertz CT molecular complexity index is 399. The standard InChI is InChI=1S/C8H8N4/c9-12-8-2-1-6-3-4-10-5-7(6)11-8/h1-5H,9H2,(H,11,12). The van der Waals surface area contributed by atoms with Crippen LogP contribution < -0.4 is 11.3 Å². The molecule has 0 saturated carbocycles. The van der Waals surface area contributed by atoms with Crippen molar-refractivity contribution in [3.05, 3.63) is 30.6 Å². The molecule has 60 valence electrons. The zero-order chi connectivity index (χ0) is 8.39. The third-order valence-corrected chi connectivity index (χ3v) is 1.64. The fraction of sp³-hybridized carbons (Fsp3) is 0. The number of nitrogens with zero attached hydrogens (tertiary/aromatic N) is 2. The van der Waals surface area contributed by atoms with Crippen LogP contribution in [0.1, 0.15) is 0 Å². The Morgan fingerprint density at radius 3 is 3.00 bits per heavy atom. The Balaban J connectivity index is 2.67. The molecule has 0 aliphatic heterocycles. The van der Waals surface area contributed by atoms with E-state index in [2.05, 4.69) is 15.4 Å². The van der Waals surface area contributed by atoms with Crippen molar-refractivity contribution in [1.82, 2.24) is 9.97 Å². The number of rotatable bonds is 1. The summed E-state index contributed by atoms with van der Waals surface area (Å²) in [4.78, 5) is 8.15. The first-order valence-corrected chi connectivity index (χ1v) is 3.57. The minimum absolute atomic E-state index is 0.649. The van der Waals surface area contributed by atoms with Crippen molar-refractivity contribution in [2.75, 3.05) is 5.43 Å². The lowest BCUT2D eigenvalue weighted by Crippen LogP contribution is -2.08. The van der Waals surface area contributed by atoms with Crippen LogP contribution >= 0.6 is 0 Å². The molecule has 2 aromatic heterocycles. The van der Waals surface area contributed by atoms with Crippen molar-refractivity contribution in [2.45, 2.75) is 0 Å². The molecular formula is C8H8N4. The van der Waals surface area contributed by atoms with Gasteiger partial charge in [0.15, 0.2) is 0 Å². The highest BCUT2D eigenvalue weighted by Gasteiger charge is 1.94. The van der Waals surface area contributed by atoms with Crippen molar-refractivity contribution >= 4 is 16.7 Å². The average Bonchev–Trinajstić information content (AvgIpc) is 2.17. The second-order valence-electron chi connectivity index (χ2n) is 2.41. The Hall–Kier alpha value is -1.68. The Kier molecular flexibility index (Phi) is 1.60. The zero-order valence-electron chi connectivity index (χ0n) is 6.36. The molecule has 3 N–H and O–H groups in total. The number of hydrogen-bond acceptors (Lipinski definition) is 4. The SMILES string of the molecule is NNc1ccc2ccncc2n1. The van der Waals surface area contributed by atoms with Gasteiger partial charge in [-0.1, -0.05) is 0 Å². The maximum atomic E-state index is 5.21. The molecule has 0 aliphatic carbocycles. The molecule has 0 bridgehead atoms. The Morgan fingerprint density at radius 1 is 1.25 bits per heavy atom. The number of aromatic nitrogens is 2. The van der Waals surface area contributed by atoms with E-state index in [1.165, 1.54) is 0 Å². The van der Waals surface area contributed by atoms with Gasteiger partial charge in [-0.15, -0.1) is 0 Å². The van der Waals surface area contributed by atoms with Gasteiger partial charge in [0.1, 0.15) is 5.82 Å². The van der Waals surface area contributed by atoms with Gasteiger partial charge in [-0.2, -0.15) is 0 Å². The van der Waals surface area contributed by atoms with Crippen LogP contribution in [0.15, 0.2) is 30.6 Å². The third-order valence-electron chi connectivity index (χ3n) is 1.64. The predicted octanol–water partition coefficient (Wildman–Crippen LogP) is 0.915. The quantitative estimate of drug-likeness (QED) is 0.481. The van der Waals surface area contributed by atoms with Crippen molar-refractivity contribution in [1.29, 1.82) is 0 Å². The number of pyridine rings is 2. The molecule has 0 fully saturated rings. The van der Waals surface area contributed by atoms with Gasteiger partial charge >= 0.3 is 0 Å². The maximum Gasteiger partial charge on any atom is 0.140 e. The number of anilines is 1. The van der Waals surface area contributed by atoms with Crippen molar-refractivity contribution in [3.63, 3.8) is 0 Å². The van der Waals surface area contributed by atoms with Crippen LogP contribution in [0.2, 0.25) is 0 Å². The van der Waals surface area contributed by atoms with E-state index >= 15 is 0 Å². The molecule has 2 rings (SSSR count). The summed E-state index contributed by atoms with van der Waals surface area (Å²) in [5.74, 6) is 5.86. The van der Waals surface area contributed by atoms with Gasteiger partial charge in [-0.05, 0) is 18.2 Å². The highest BCUT2D eigenvalue weighted by molar-refractivity contribution is 5.78. The van der Waals surface area contributed by atoms with Crippen molar-refractivity contribution in [2.24, 2.45) is 5.84 Å². The van der Waals surface area contributed by atoms with E-state index in [0.29, 0.717) is 5.82 Å². The van der Waals surface area contributed by atoms with E-state index in [0.717, 1.165) is 10.9 Å².